The third kappa shape index (κ3) is 19.8. The first-order valence-corrected chi connectivity index (χ1v) is 34.1. The lowest BCUT2D eigenvalue weighted by Crippen LogP contribution is -2.50. The van der Waals surface area contributed by atoms with Crippen molar-refractivity contribution in [2.24, 2.45) is 0 Å². The number of hydrogen-bond acceptors (Lipinski definition) is 20. The van der Waals surface area contributed by atoms with Gasteiger partial charge in [-0.2, -0.15) is 0 Å². The lowest BCUT2D eigenvalue weighted by atomic mass is 9.91. The van der Waals surface area contributed by atoms with E-state index < -0.39 is 54.0 Å². The van der Waals surface area contributed by atoms with E-state index in [0.29, 0.717) is 176 Å². The standard InChI is InChI=1S/C75H98N4O19/c1-9-59(53-41-65(88-3)70(92-7)66(42-53)89-4)72(84)78-31-13-11-23-61(78)74(86)97-63(28-26-49-25-27-52(45-80)55(38-49)46-81)50-18-15-21-57(39-50)95-47-56(82)20-17-30-76-69(83)48-96-58-22-16-19-51(40-58)64(29-33-77-34-36-94-37-35-77)98-75(87)62-24-12-14-32-79(62)73(85)60(10-2)54-43-67(90-5)71(93-8)68(44-54)91-6/h15-16,18-19,21-22,25,27,38-44,59-64,80-81H,9-14,17,20,23-24,26,28-37,45-48H2,1-8H3,(H,76,83)/t59-,60-,61-,62-,63+,64+/m0/s1. The number of Topliss-reactive ketones (excluding diaryl/α,β-unsaturated/α-hetero) is 1. The second kappa shape index (κ2) is 37.9. The minimum atomic E-state index is -0.869. The van der Waals surface area contributed by atoms with E-state index in [1.807, 2.05) is 38.1 Å². The molecule has 0 spiro atoms. The van der Waals surface area contributed by atoms with Gasteiger partial charge in [0.25, 0.3) is 5.91 Å². The number of benzene rings is 5. The van der Waals surface area contributed by atoms with Crippen molar-refractivity contribution in [1.82, 2.24) is 20.0 Å². The van der Waals surface area contributed by atoms with Gasteiger partial charge in [-0.3, -0.25) is 24.1 Å². The molecular formula is C75H98N4O19. The number of aliphatic hydroxyl groups is 2. The van der Waals surface area contributed by atoms with Gasteiger partial charge in [0.2, 0.25) is 23.3 Å². The van der Waals surface area contributed by atoms with Crippen LogP contribution in [0.5, 0.6) is 46.0 Å². The Hall–Kier alpha value is -8.64. The topological polar surface area (TPSA) is 266 Å². The first-order chi connectivity index (χ1) is 47.6. The van der Waals surface area contributed by atoms with Gasteiger partial charge < -0.3 is 77.4 Å². The van der Waals surface area contributed by atoms with E-state index >= 15 is 0 Å². The van der Waals surface area contributed by atoms with Gasteiger partial charge in [0.1, 0.15) is 42.4 Å². The monoisotopic (exact) mass is 1360 g/mol. The molecule has 3 aliphatic rings. The second-order valence-electron chi connectivity index (χ2n) is 24.7. The lowest BCUT2D eigenvalue weighted by molar-refractivity contribution is -0.163. The number of aliphatic hydroxyl groups excluding tert-OH is 2. The fourth-order valence-corrected chi connectivity index (χ4v) is 13.1. The highest BCUT2D eigenvalue weighted by Crippen LogP contribution is 2.44. The fraction of sp³-hybridized carbons (Fsp3) is 0.520. The molecule has 3 aliphatic heterocycles. The molecule has 0 saturated carbocycles. The Bertz CT molecular complexity index is 3420. The molecule has 0 aliphatic carbocycles. The maximum Gasteiger partial charge on any atom is 0.329 e. The van der Waals surface area contributed by atoms with Crippen LogP contribution in [0.4, 0.5) is 0 Å². The van der Waals surface area contributed by atoms with E-state index in [1.165, 1.54) is 42.7 Å². The third-order valence-electron chi connectivity index (χ3n) is 18.5. The first kappa shape index (κ1) is 75.1. The summed E-state index contributed by atoms with van der Waals surface area (Å²) >= 11 is 0. The van der Waals surface area contributed by atoms with Crippen LogP contribution < -0.4 is 43.2 Å². The number of morpholine rings is 1. The normalized spacial score (nSPS) is 16.9. The lowest BCUT2D eigenvalue weighted by Gasteiger charge is -2.37. The molecule has 3 N–H and O–H groups in total. The van der Waals surface area contributed by atoms with Crippen molar-refractivity contribution in [2.75, 3.05) is 108 Å². The summed E-state index contributed by atoms with van der Waals surface area (Å²) in [5.74, 6) is -0.0744. The predicted molar refractivity (Wildman–Crippen MR) is 364 cm³/mol. The predicted octanol–water partition coefficient (Wildman–Crippen LogP) is 9.32. The van der Waals surface area contributed by atoms with Crippen molar-refractivity contribution in [1.29, 1.82) is 0 Å². The SMILES string of the molecule is CC[C@H](C(=O)N1CCCC[C@H]1C(=O)O[C@H](CCc1ccc(CO)c(CO)c1)c1cccc(OCC(=O)CCCNC(=O)COc2cccc([C@@H](CCN3CCOCC3)OC(=O)[C@@H]3CCCCN3C(=O)[C@@H](CC)c3cc(OC)c(OC)c(OC)c3)c2)c1)c1cc(OC)c(OC)c(OC)c1. The summed E-state index contributed by atoms with van der Waals surface area (Å²) < 4.78 is 64.0. The van der Waals surface area contributed by atoms with Gasteiger partial charge in [0.05, 0.1) is 80.9 Å². The summed E-state index contributed by atoms with van der Waals surface area (Å²) in [6.07, 6.45) is 4.72. The molecule has 0 radical (unpaired) electrons. The van der Waals surface area contributed by atoms with E-state index in [1.54, 1.807) is 76.5 Å². The van der Waals surface area contributed by atoms with Crippen LogP contribution in [0.3, 0.4) is 0 Å². The van der Waals surface area contributed by atoms with Gasteiger partial charge in [-0.05, 0) is 158 Å². The summed E-state index contributed by atoms with van der Waals surface area (Å²) in [7, 11) is 9.11. The van der Waals surface area contributed by atoms with Gasteiger partial charge >= 0.3 is 11.9 Å². The fourth-order valence-electron chi connectivity index (χ4n) is 13.1. The molecular weight excluding hydrogens is 1260 g/mol. The molecule has 3 saturated heterocycles. The first-order valence-electron chi connectivity index (χ1n) is 34.1. The summed E-state index contributed by atoms with van der Waals surface area (Å²) in [4.78, 5) is 90.3. The van der Waals surface area contributed by atoms with Crippen LogP contribution in [0.1, 0.15) is 154 Å². The zero-order chi connectivity index (χ0) is 70.1. The van der Waals surface area contributed by atoms with Crippen LogP contribution >= 0.6 is 0 Å². The highest BCUT2D eigenvalue weighted by Gasteiger charge is 2.40. The summed E-state index contributed by atoms with van der Waals surface area (Å²) in [5.41, 5.74) is 4.65. The Morgan fingerprint density at radius 3 is 1.51 bits per heavy atom. The van der Waals surface area contributed by atoms with Crippen molar-refractivity contribution in [3.8, 4) is 46.0 Å². The molecule has 0 aromatic heterocycles. The highest BCUT2D eigenvalue weighted by molar-refractivity contribution is 5.90. The number of methoxy groups -OCH3 is 6. The molecule has 5 aromatic carbocycles. The van der Waals surface area contributed by atoms with E-state index in [0.717, 1.165) is 31.5 Å². The van der Waals surface area contributed by atoms with Crippen LogP contribution in [0, 0.1) is 0 Å². The molecule has 23 nitrogen and oxygen atoms in total. The average Bonchev–Trinajstić information content (AvgIpc) is 0.801. The number of amides is 3. The maximum absolute atomic E-state index is 14.6. The van der Waals surface area contributed by atoms with Crippen LogP contribution in [0.2, 0.25) is 0 Å². The van der Waals surface area contributed by atoms with Crippen LogP contribution in [0.25, 0.3) is 0 Å². The third-order valence-corrected chi connectivity index (χ3v) is 18.5. The van der Waals surface area contributed by atoms with Crippen molar-refractivity contribution in [3.05, 3.63) is 130 Å². The Balaban J connectivity index is 0.863. The molecule has 3 amide bonds. The van der Waals surface area contributed by atoms with E-state index in [-0.39, 0.29) is 57.0 Å². The molecule has 0 bridgehead atoms. The zero-order valence-corrected chi connectivity index (χ0v) is 58.0. The highest BCUT2D eigenvalue weighted by atomic mass is 16.6. The quantitative estimate of drug-likeness (QED) is 0.0249. The number of carbonyl (C=O) groups is 6. The number of hydrogen-bond donors (Lipinski definition) is 3. The van der Waals surface area contributed by atoms with Gasteiger partial charge in [-0.25, -0.2) is 9.59 Å². The number of rotatable bonds is 36. The molecule has 0 unspecified atom stereocenters. The molecule has 6 atom stereocenters. The molecule has 3 fully saturated rings. The Kier molecular flexibility index (Phi) is 29.1. The molecule has 8 rings (SSSR count). The van der Waals surface area contributed by atoms with Gasteiger partial charge in [0.15, 0.2) is 35.4 Å². The maximum atomic E-state index is 14.6. The number of piperidine rings is 2. The largest absolute Gasteiger partial charge is 0.493 e. The number of aryl methyl sites for hydroxylation is 1. The zero-order valence-electron chi connectivity index (χ0n) is 58.0. The molecule has 23 heteroatoms. The molecule has 5 aromatic rings. The van der Waals surface area contributed by atoms with E-state index in [2.05, 4.69) is 10.2 Å². The average molecular weight is 1360 g/mol. The van der Waals surface area contributed by atoms with E-state index in [4.69, 9.17) is 52.1 Å². The number of ketones is 1. The number of nitrogens with one attached hydrogen (secondary N) is 1. The Morgan fingerprint density at radius 2 is 1.04 bits per heavy atom. The van der Waals surface area contributed by atoms with Crippen molar-refractivity contribution in [3.63, 3.8) is 0 Å². The van der Waals surface area contributed by atoms with Gasteiger partial charge in [0, 0.05) is 52.1 Å². The van der Waals surface area contributed by atoms with Crippen LogP contribution in [-0.2, 0) is 62.6 Å². The number of esters is 2. The van der Waals surface area contributed by atoms with Crippen molar-refractivity contribution in [2.45, 2.75) is 147 Å². The summed E-state index contributed by atoms with van der Waals surface area (Å²) in [6.45, 7) is 6.99. The van der Waals surface area contributed by atoms with Crippen molar-refractivity contribution >= 4 is 35.4 Å². The van der Waals surface area contributed by atoms with Gasteiger partial charge in [-0.1, -0.05) is 56.3 Å². The number of nitrogens with zero attached hydrogens (tertiary/aromatic N) is 3. The number of ether oxygens (including phenoxy) is 11. The summed E-state index contributed by atoms with van der Waals surface area (Å²) in [6, 6.07) is 25.0. The molecule has 532 valence electrons. The van der Waals surface area contributed by atoms with Crippen LogP contribution in [0.15, 0.2) is 91.0 Å². The Labute approximate surface area is 575 Å². The van der Waals surface area contributed by atoms with Crippen LogP contribution in [-0.4, -0.2) is 181 Å². The summed E-state index contributed by atoms with van der Waals surface area (Å²) in [5, 5.41) is 22.8. The number of likely N-dealkylation sites (tertiary alicyclic amines) is 2. The Morgan fingerprint density at radius 1 is 0.551 bits per heavy atom. The van der Waals surface area contributed by atoms with E-state index in [9.17, 15) is 39.0 Å². The molecule has 98 heavy (non-hydrogen) atoms. The second-order valence-corrected chi connectivity index (χ2v) is 24.7. The smallest absolute Gasteiger partial charge is 0.329 e. The minimum Gasteiger partial charge on any atom is -0.493 e. The van der Waals surface area contributed by atoms with Crippen molar-refractivity contribution < 1.29 is 91.1 Å². The number of carbonyl (C=O) groups excluding carboxylic acids is 6. The molecule has 3 heterocycles. The van der Waals surface area contributed by atoms with Gasteiger partial charge in [-0.15, -0.1) is 0 Å². The minimum absolute atomic E-state index is 0.104.